The Morgan fingerprint density at radius 3 is 2.33 bits per heavy atom. The smallest absolute Gasteiger partial charge is 0.0318 e. The zero-order valence-corrected chi connectivity index (χ0v) is 10.7. The fourth-order valence-electron chi connectivity index (χ4n) is 5.68. The van der Waals surface area contributed by atoms with Crippen molar-refractivity contribution >= 4 is 0 Å². The summed E-state index contributed by atoms with van der Waals surface area (Å²) in [6, 6.07) is 0. The van der Waals surface area contributed by atoms with Gasteiger partial charge in [0, 0.05) is 0 Å². The molecule has 3 aliphatic carbocycles. The van der Waals surface area contributed by atoms with Crippen molar-refractivity contribution in [2.75, 3.05) is 0 Å². The third-order valence-electron chi connectivity index (χ3n) is 6.12. The molecule has 15 heavy (non-hydrogen) atoms. The summed E-state index contributed by atoms with van der Waals surface area (Å²) in [5.74, 6) is 8.75. The molecule has 0 N–H and O–H groups in total. The molecule has 3 fully saturated rings. The van der Waals surface area contributed by atoms with Crippen molar-refractivity contribution in [3.63, 3.8) is 0 Å². The lowest BCUT2D eigenvalue weighted by Crippen LogP contribution is -2.50. The van der Waals surface area contributed by atoms with Crippen LogP contribution in [-0.4, -0.2) is 0 Å². The minimum atomic E-state index is 0.927. The molecule has 3 saturated carbocycles. The SMILES string of the molecule is CCC1C2CCC3C(C(C)C)C(C)C3C12. The molecule has 0 bridgehead atoms. The lowest BCUT2D eigenvalue weighted by atomic mass is 9.49. The second kappa shape index (κ2) is 3.25. The normalized spacial score (nSPS) is 57.0. The lowest BCUT2D eigenvalue weighted by molar-refractivity contribution is -0.0775. The molecule has 0 aromatic carbocycles. The molecule has 0 amide bonds. The Labute approximate surface area is 94.8 Å². The second-order valence-electron chi connectivity index (χ2n) is 6.81. The van der Waals surface area contributed by atoms with Crippen molar-refractivity contribution in [1.82, 2.24) is 0 Å². The summed E-state index contributed by atoms with van der Waals surface area (Å²) in [5.41, 5.74) is 0. The maximum absolute atomic E-state index is 2.54. The third kappa shape index (κ3) is 1.20. The molecule has 0 aliphatic heterocycles. The molecule has 0 spiro atoms. The highest BCUT2D eigenvalue weighted by Crippen LogP contribution is 2.70. The van der Waals surface area contributed by atoms with Gasteiger partial charge in [-0.15, -0.1) is 0 Å². The van der Waals surface area contributed by atoms with Crippen molar-refractivity contribution in [2.45, 2.75) is 47.0 Å². The Balaban J connectivity index is 1.73. The molecule has 7 atom stereocenters. The molecule has 0 saturated heterocycles. The van der Waals surface area contributed by atoms with Gasteiger partial charge in [-0.25, -0.2) is 0 Å². The molecule has 86 valence electrons. The molecule has 0 heteroatoms. The van der Waals surface area contributed by atoms with Crippen molar-refractivity contribution < 1.29 is 0 Å². The standard InChI is InChI=1S/C15H26/c1-5-10-11-6-7-12-13(8(2)3)9(4)14(12)15(10)11/h8-15H,5-7H2,1-4H3. The van der Waals surface area contributed by atoms with Gasteiger partial charge in [-0.1, -0.05) is 34.1 Å². The second-order valence-corrected chi connectivity index (χ2v) is 6.81. The van der Waals surface area contributed by atoms with E-state index in [1.807, 2.05) is 0 Å². The first-order chi connectivity index (χ1) is 7.16. The molecule has 7 unspecified atom stereocenters. The van der Waals surface area contributed by atoms with Crippen LogP contribution in [0, 0.1) is 47.3 Å². The van der Waals surface area contributed by atoms with Gasteiger partial charge in [-0.3, -0.25) is 0 Å². The highest BCUT2D eigenvalue weighted by molar-refractivity contribution is 5.12. The predicted octanol–water partition coefficient (Wildman–Crippen LogP) is 4.21. The Bertz CT molecular complexity index is 251. The first-order valence-electron chi connectivity index (χ1n) is 7.16. The van der Waals surface area contributed by atoms with E-state index in [9.17, 15) is 0 Å². The summed E-state index contributed by atoms with van der Waals surface area (Å²) in [7, 11) is 0. The molecule has 0 nitrogen and oxygen atoms in total. The van der Waals surface area contributed by atoms with E-state index >= 15 is 0 Å². The predicted molar refractivity (Wildman–Crippen MR) is 64.5 cm³/mol. The van der Waals surface area contributed by atoms with E-state index in [0.29, 0.717) is 0 Å². The first-order valence-corrected chi connectivity index (χ1v) is 7.16. The number of fused-ring (bicyclic) bond motifs is 3. The van der Waals surface area contributed by atoms with E-state index in [-0.39, 0.29) is 0 Å². The van der Waals surface area contributed by atoms with E-state index in [1.165, 1.54) is 12.3 Å². The van der Waals surface area contributed by atoms with E-state index in [1.54, 1.807) is 12.8 Å². The maximum Gasteiger partial charge on any atom is -0.0318 e. The molecular formula is C15H26. The summed E-state index contributed by atoms with van der Waals surface area (Å²) < 4.78 is 0. The average molecular weight is 206 g/mol. The molecule has 0 heterocycles. The monoisotopic (exact) mass is 206 g/mol. The highest BCUT2D eigenvalue weighted by Gasteiger charge is 2.64. The topological polar surface area (TPSA) is 0 Å². The van der Waals surface area contributed by atoms with Gasteiger partial charge in [-0.05, 0) is 60.2 Å². The van der Waals surface area contributed by atoms with Crippen LogP contribution < -0.4 is 0 Å². The minimum absolute atomic E-state index is 0.927. The minimum Gasteiger partial charge on any atom is -0.0651 e. The fourth-order valence-corrected chi connectivity index (χ4v) is 5.68. The van der Waals surface area contributed by atoms with E-state index in [2.05, 4.69) is 27.7 Å². The Morgan fingerprint density at radius 1 is 1.07 bits per heavy atom. The summed E-state index contributed by atoms with van der Waals surface area (Å²) in [6.45, 7) is 9.82. The Hall–Kier alpha value is 0. The van der Waals surface area contributed by atoms with Crippen LogP contribution in [0.1, 0.15) is 47.0 Å². The van der Waals surface area contributed by atoms with Crippen LogP contribution in [0.5, 0.6) is 0 Å². The van der Waals surface area contributed by atoms with Crippen LogP contribution in [-0.2, 0) is 0 Å². The van der Waals surface area contributed by atoms with Gasteiger partial charge in [0.2, 0.25) is 0 Å². The van der Waals surface area contributed by atoms with Gasteiger partial charge in [0.05, 0.1) is 0 Å². The zero-order chi connectivity index (χ0) is 10.7. The summed E-state index contributed by atoms with van der Waals surface area (Å²) >= 11 is 0. The van der Waals surface area contributed by atoms with Gasteiger partial charge < -0.3 is 0 Å². The zero-order valence-electron chi connectivity index (χ0n) is 10.7. The summed E-state index contributed by atoms with van der Waals surface area (Å²) in [6.07, 6.45) is 4.59. The molecule has 3 rings (SSSR count). The molecule has 0 radical (unpaired) electrons. The molecule has 0 aromatic heterocycles. The van der Waals surface area contributed by atoms with Crippen LogP contribution in [0.15, 0.2) is 0 Å². The van der Waals surface area contributed by atoms with Crippen LogP contribution in [0.2, 0.25) is 0 Å². The van der Waals surface area contributed by atoms with Gasteiger partial charge in [-0.2, -0.15) is 0 Å². The first kappa shape index (κ1) is 10.2. The number of hydrogen-bond donors (Lipinski definition) is 0. The average Bonchev–Trinajstić information content (AvgIpc) is 2.86. The van der Waals surface area contributed by atoms with Gasteiger partial charge in [0.25, 0.3) is 0 Å². The van der Waals surface area contributed by atoms with E-state index in [4.69, 9.17) is 0 Å². The summed E-state index contributed by atoms with van der Waals surface area (Å²) in [5, 5.41) is 0. The van der Waals surface area contributed by atoms with Crippen molar-refractivity contribution in [3.8, 4) is 0 Å². The van der Waals surface area contributed by atoms with Gasteiger partial charge in [0.1, 0.15) is 0 Å². The molecule has 3 aliphatic rings. The Morgan fingerprint density at radius 2 is 1.73 bits per heavy atom. The van der Waals surface area contributed by atoms with Crippen molar-refractivity contribution in [2.24, 2.45) is 47.3 Å². The lowest BCUT2D eigenvalue weighted by Gasteiger charge is -2.56. The van der Waals surface area contributed by atoms with Crippen molar-refractivity contribution in [1.29, 1.82) is 0 Å². The number of hydrogen-bond acceptors (Lipinski definition) is 0. The third-order valence-corrected chi connectivity index (χ3v) is 6.12. The van der Waals surface area contributed by atoms with Crippen LogP contribution in [0.25, 0.3) is 0 Å². The maximum atomic E-state index is 2.54. The van der Waals surface area contributed by atoms with Crippen LogP contribution in [0.3, 0.4) is 0 Å². The largest absolute Gasteiger partial charge is 0.0651 e. The highest BCUT2D eigenvalue weighted by atomic mass is 14.7. The van der Waals surface area contributed by atoms with Crippen LogP contribution >= 0.6 is 0 Å². The molecular weight excluding hydrogens is 180 g/mol. The quantitative estimate of drug-likeness (QED) is 0.635. The van der Waals surface area contributed by atoms with Gasteiger partial charge in [0.15, 0.2) is 0 Å². The van der Waals surface area contributed by atoms with Gasteiger partial charge >= 0.3 is 0 Å². The fraction of sp³-hybridized carbons (Fsp3) is 1.00. The number of rotatable bonds is 2. The summed E-state index contributed by atoms with van der Waals surface area (Å²) in [4.78, 5) is 0. The Kier molecular flexibility index (Phi) is 2.20. The van der Waals surface area contributed by atoms with E-state index in [0.717, 1.165) is 41.4 Å². The van der Waals surface area contributed by atoms with Crippen molar-refractivity contribution in [3.05, 3.63) is 0 Å². The molecule has 0 aromatic rings. The van der Waals surface area contributed by atoms with E-state index < -0.39 is 0 Å². The van der Waals surface area contributed by atoms with Crippen LogP contribution in [0.4, 0.5) is 0 Å².